The lowest BCUT2D eigenvalue weighted by Crippen LogP contribution is -2.15. The molecular weight excluding hydrogens is 476 g/mol. The summed E-state index contributed by atoms with van der Waals surface area (Å²) in [6, 6.07) is 25.3. The molecule has 2 aromatic carbocycles. The summed E-state index contributed by atoms with van der Waals surface area (Å²) in [5.41, 5.74) is 9.30. The zero-order chi connectivity index (χ0) is 24.9. The van der Waals surface area contributed by atoms with Gasteiger partial charge in [0.2, 0.25) is 0 Å². The normalized spacial score (nSPS) is 12.7. The Hall–Kier alpha value is -4.26. The third kappa shape index (κ3) is 3.13. The molecule has 5 nitrogen and oxygen atoms in total. The molecule has 0 saturated heterocycles. The maximum absolute atomic E-state index is 10.4. The van der Waals surface area contributed by atoms with Crippen LogP contribution in [0.2, 0.25) is 0 Å². The topological polar surface area (TPSA) is 54.8 Å². The minimum Gasteiger partial charge on any atom is -0.386 e. The molecule has 37 heavy (non-hydrogen) atoms. The zero-order valence-corrected chi connectivity index (χ0v) is 21.1. The second kappa shape index (κ2) is 7.16. The first kappa shape index (κ1) is 20.9. The Morgan fingerprint density at radius 3 is 2.49 bits per heavy atom. The molecule has 0 radical (unpaired) electrons. The van der Waals surface area contributed by atoms with Gasteiger partial charge in [-0.1, -0.05) is 24.3 Å². The van der Waals surface area contributed by atoms with Gasteiger partial charge in [-0.15, -0.1) is 11.3 Å². The largest absolute Gasteiger partial charge is 0.386 e. The second-order valence-electron chi connectivity index (χ2n) is 10.3. The van der Waals surface area contributed by atoms with E-state index in [2.05, 4.69) is 75.9 Å². The van der Waals surface area contributed by atoms with E-state index < -0.39 is 5.60 Å². The Kier molecular flexibility index (Phi) is 4.04. The third-order valence-electron chi connectivity index (χ3n) is 7.29. The maximum Gasteiger partial charge on any atom is 0.138 e. The summed E-state index contributed by atoms with van der Waals surface area (Å²) in [6.45, 7) is 3.62. The standard InChI is InChI=1S/C31H22N4OS/c1-31(2,36)23-5-3-4-18(13-23)20-7-10-27-32-24(17-34(27)15-20)21-8-11-28-33-29-26-14-22-12-19(6-9-25(22)37-26)30(29)35(28)16-21/h3-17,36H,1-2H3. The van der Waals surface area contributed by atoms with E-state index >= 15 is 0 Å². The molecule has 0 spiro atoms. The van der Waals surface area contributed by atoms with Crippen LogP contribution in [0.25, 0.3) is 65.6 Å². The molecule has 1 aliphatic carbocycles. The van der Waals surface area contributed by atoms with Crippen molar-refractivity contribution >= 4 is 32.7 Å². The number of pyridine rings is 2. The van der Waals surface area contributed by atoms with Gasteiger partial charge >= 0.3 is 0 Å². The van der Waals surface area contributed by atoms with Gasteiger partial charge in [0.05, 0.1) is 21.9 Å². The van der Waals surface area contributed by atoms with Crippen molar-refractivity contribution in [3.05, 3.63) is 97.0 Å². The number of imidazole rings is 2. The number of nitrogens with zero attached hydrogens (tertiary/aromatic N) is 4. The van der Waals surface area contributed by atoms with Crippen LogP contribution in [-0.4, -0.2) is 23.9 Å². The van der Waals surface area contributed by atoms with Crippen LogP contribution in [-0.2, 0) is 5.60 Å². The Labute approximate surface area is 216 Å². The summed E-state index contributed by atoms with van der Waals surface area (Å²) in [5, 5.41) is 11.7. The summed E-state index contributed by atoms with van der Waals surface area (Å²) in [5.74, 6) is 0. The molecule has 0 saturated carbocycles. The first-order valence-electron chi connectivity index (χ1n) is 12.3. The minimum atomic E-state index is -0.885. The number of rotatable bonds is 3. The number of thiophene rings is 1. The molecule has 5 heterocycles. The predicted molar refractivity (Wildman–Crippen MR) is 150 cm³/mol. The van der Waals surface area contributed by atoms with Gasteiger partial charge in [0.15, 0.2) is 0 Å². The van der Waals surface area contributed by atoms with E-state index in [9.17, 15) is 5.11 Å². The van der Waals surface area contributed by atoms with Gasteiger partial charge in [0, 0.05) is 34.4 Å². The molecule has 7 aromatic rings. The number of hydrogen-bond acceptors (Lipinski definition) is 4. The molecule has 1 aliphatic rings. The molecule has 8 rings (SSSR count). The van der Waals surface area contributed by atoms with Crippen LogP contribution in [0.1, 0.15) is 19.4 Å². The van der Waals surface area contributed by atoms with Crippen LogP contribution < -0.4 is 0 Å². The van der Waals surface area contributed by atoms with Gasteiger partial charge < -0.3 is 9.51 Å². The molecule has 0 atom stereocenters. The van der Waals surface area contributed by atoms with E-state index in [0.29, 0.717) is 0 Å². The van der Waals surface area contributed by atoms with E-state index in [0.717, 1.165) is 50.6 Å². The lowest BCUT2D eigenvalue weighted by atomic mass is 9.95. The third-order valence-corrected chi connectivity index (χ3v) is 8.41. The number of hydrogen-bond donors (Lipinski definition) is 1. The molecule has 0 fully saturated rings. The summed E-state index contributed by atoms with van der Waals surface area (Å²) in [6.07, 6.45) is 6.33. The maximum atomic E-state index is 10.4. The van der Waals surface area contributed by atoms with E-state index in [-0.39, 0.29) is 0 Å². The van der Waals surface area contributed by atoms with Crippen molar-refractivity contribution in [3.63, 3.8) is 0 Å². The molecule has 1 N–H and O–H groups in total. The molecule has 3 bridgehead atoms. The molecule has 0 unspecified atom stereocenters. The van der Waals surface area contributed by atoms with Gasteiger partial charge in [-0.3, -0.25) is 4.40 Å². The Morgan fingerprint density at radius 1 is 0.757 bits per heavy atom. The Morgan fingerprint density at radius 2 is 1.59 bits per heavy atom. The van der Waals surface area contributed by atoms with Crippen molar-refractivity contribution in [2.24, 2.45) is 0 Å². The minimum absolute atomic E-state index is 0.885. The summed E-state index contributed by atoms with van der Waals surface area (Å²) < 4.78 is 5.57. The lowest BCUT2D eigenvalue weighted by molar-refractivity contribution is 0.0786. The average molecular weight is 499 g/mol. The highest BCUT2D eigenvalue weighted by Crippen LogP contribution is 2.44. The number of fused-ring (bicyclic) bond motifs is 8. The van der Waals surface area contributed by atoms with Crippen LogP contribution in [0.5, 0.6) is 0 Å². The van der Waals surface area contributed by atoms with E-state index in [1.165, 1.54) is 20.5 Å². The monoisotopic (exact) mass is 498 g/mol. The zero-order valence-electron chi connectivity index (χ0n) is 20.3. The predicted octanol–water partition coefficient (Wildman–Crippen LogP) is 7.41. The Bertz CT molecular complexity index is 2030. The van der Waals surface area contributed by atoms with Gasteiger partial charge in [0.1, 0.15) is 17.0 Å². The van der Waals surface area contributed by atoms with Gasteiger partial charge in [0.25, 0.3) is 0 Å². The average Bonchev–Trinajstić information content (AvgIpc) is 3.58. The van der Waals surface area contributed by atoms with Gasteiger partial charge in [-0.2, -0.15) is 0 Å². The molecule has 6 heteroatoms. The van der Waals surface area contributed by atoms with Gasteiger partial charge in [-0.25, -0.2) is 9.97 Å². The van der Waals surface area contributed by atoms with Crippen LogP contribution in [0.4, 0.5) is 0 Å². The molecule has 5 aromatic heterocycles. The van der Waals surface area contributed by atoms with E-state index in [4.69, 9.17) is 9.97 Å². The van der Waals surface area contributed by atoms with E-state index in [1.54, 1.807) is 11.3 Å². The number of aromatic nitrogens is 4. The fourth-order valence-corrected chi connectivity index (χ4v) is 6.37. The molecule has 0 amide bonds. The van der Waals surface area contributed by atoms with Crippen LogP contribution in [0.3, 0.4) is 0 Å². The van der Waals surface area contributed by atoms with Crippen molar-refractivity contribution in [3.8, 4) is 44.2 Å². The first-order chi connectivity index (χ1) is 17.9. The fraction of sp³-hybridized carbons (Fsp3) is 0.0968. The van der Waals surface area contributed by atoms with Crippen molar-refractivity contribution in [1.82, 2.24) is 18.8 Å². The van der Waals surface area contributed by atoms with Crippen LogP contribution >= 0.6 is 11.3 Å². The van der Waals surface area contributed by atoms with Crippen molar-refractivity contribution in [2.75, 3.05) is 0 Å². The van der Waals surface area contributed by atoms with Crippen molar-refractivity contribution in [2.45, 2.75) is 19.4 Å². The summed E-state index contributed by atoms with van der Waals surface area (Å²) in [4.78, 5) is 11.1. The van der Waals surface area contributed by atoms with E-state index in [1.807, 2.05) is 38.1 Å². The molecule has 178 valence electrons. The van der Waals surface area contributed by atoms with Crippen molar-refractivity contribution < 1.29 is 5.11 Å². The van der Waals surface area contributed by atoms with Gasteiger partial charge in [-0.05, 0) is 84.5 Å². The Balaban J connectivity index is 1.23. The highest BCUT2D eigenvalue weighted by atomic mass is 32.1. The summed E-state index contributed by atoms with van der Waals surface area (Å²) in [7, 11) is 0. The smallest absolute Gasteiger partial charge is 0.138 e. The highest BCUT2D eigenvalue weighted by Gasteiger charge is 2.22. The highest BCUT2D eigenvalue weighted by molar-refractivity contribution is 7.22. The lowest BCUT2D eigenvalue weighted by Gasteiger charge is -2.18. The second-order valence-corrected chi connectivity index (χ2v) is 11.4. The quantitative estimate of drug-likeness (QED) is 0.276. The van der Waals surface area contributed by atoms with Crippen LogP contribution in [0.15, 0.2) is 91.4 Å². The van der Waals surface area contributed by atoms with Crippen LogP contribution in [0, 0.1) is 0 Å². The number of benzene rings is 2. The molecular formula is C31H22N4OS. The fourth-order valence-electron chi connectivity index (χ4n) is 5.33. The summed E-state index contributed by atoms with van der Waals surface area (Å²) >= 11 is 1.80. The first-order valence-corrected chi connectivity index (χ1v) is 13.1. The molecule has 0 aliphatic heterocycles. The SMILES string of the molecule is CC(C)(O)c1cccc(-c2ccc3nc(-c4ccc5nc6c(n5c4)-c4ccc5sc-6cc5c4)cn3c2)c1. The van der Waals surface area contributed by atoms with Crippen molar-refractivity contribution in [1.29, 1.82) is 0 Å². The number of aliphatic hydroxyl groups is 1.